The minimum atomic E-state index is -0.591. The maximum absolute atomic E-state index is 12.7. The van der Waals surface area contributed by atoms with Crippen LogP contribution in [0.4, 0.5) is 0 Å². The molecule has 0 spiro atoms. The van der Waals surface area contributed by atoms with E-state index in [4.69, 9.17) is 4.74 Å². The van der Waals surface area contributed by atoms with Crippen molar-refractivity contribution in [2.24, 2.45) is 5.10 Å². The van der Waals surface area contributed by atoms with Gasteiger partial charge in [-0.25, -0.2) is 4.79 Å². The van der Waals surface area contributed by atoms with Gasteiger partial charge in [-0.1, -0.05) is 42.5 Å². The Morgan fingerprint density at radius 3 is 2.46 bits per heavy atom. The van der Waals surface area contributed by atoms with Crippen molar-refractivity contribution in [3.8, 4) is 5.75 Å². The van der Waals surface area contributed by atoms with Gasteiger partial charge in [-0.3, -0.25) is 4.79 Å². The molecule has 1 N–H and O–H groups in total. The molecule has 0 saturated heterocycles. The molecule has 0 unspecified atom stereocenters. The molecule has 28 heavy (non-hydrogen) atoms. The van der Waals surface area contributed by atoms with Gasteiger partial charge >= 0.3 is 5.69 Å². The highest BCUT2D eigenvalue weighted by Gasteiger charge is 2.10. The van der Waals surface area contributed by atoms with Gasteiger partial charge < -0.3 is 9.72 Å². The molecule has 6 heteroatoms. The van der Waals surface area contributed by atoms with Crippen LogP contribution in [-0.2, 0) is 0 Å². The van der Waals surface area contributed by atoms with E-state index in [2.05, 4.69) is 10.1 Å². The van der Waals surface area contributed by atoms with E-state index in [0.717, 1.165) is 15.4 Å². The molecule has 0 amide bonds. The van der Waals surface area contributed by atoms with Crippen LogP contribution in [0.25, 0.3) is 21.7 Å². The van der Waals surface area contributed by atoms with Gasteiger partial charge in [-0.05, 0) is 42.8 Å². The van der Waals surface area contributed by atoms with E-state index in [9.17, 15) is 9.59 Å². The molecule has 4 aromatic rings. The number of aromatic nitrogens is 2. The molecule has 1 aromatic heterocycles. The first-order valence-electron chi connectivity index (χ1n) is 9.01. The Morgan fingerprint density at radius 1 is 0.964 bits per heavy atom. The maximum Gasteiger partial charge on any atom is 0.349 e. The number of rotatable bonds is 4. The van der Waals surface area contributed by atoms with Gasteiger partial charge in [0, 0.05) is 5.56 Å². The van der Waals surface area contributed by atoms with Crippen LogP contribution in [0.2, 0.25) is 0 Å². The normalized spacial score (nSPS) is 11.7. The van der Waals surface area contributed by atoms with Crippen LogP contribution in [0.15, 0.2) is 75.4 Å². The Kier molecular flexibility index (Phi) is 4.53. The van der Waals surface area contributed by atoms with Crippen molar-refractivity contribution in [1.29, 1.82) is 0 Å². The number of para-hydroxylation sites is 1. The highest BCUT2D eigenvalue weighted by Crippen LogP contribution is 2.27. The summed E-state index contributed by atoms with van der Waals surface area (Å²) in [6.45, 7) is 3.88. The summed E-state index contributed by atoms with van der Waals surface area (Å²) in [4.78, 5) is 27.7. The number of aromatic amines is 1. The summed E-state index contributed by atoms with van der Waals surface area (Å²) in [6.07, 6.45) is 1.48. The zero-order valence-electron chi connectivity index (χ0n) is 15.5. The zero-order chi connectivity index (χ0) is 19.7. The monoisotopic (exact) mass is 373 g/mol. The fraction of sp³-hybridized carbons (Fsp3) is 0.136. The number of hydrogen-bond acceptors (Lipinski definition) is 4. The summed E-state index contributed by atoms with van der Waals surface area (Å²) in [5.74, 6) is 0.641. The molecule has 0 radical (unpaired) electrons. The standard InChI is InChI=1S/C22H19N3O3/c1-14(2)28-20-12-11-15-7-3-4-8-16(15)18(20)13-23-25-21(26)17-9-5-6-10-19(17)24-22(25)27/h3-14H,1-2H3,(H,24,27). The summed E-state index contributed by atoms with van der Waals surface area (Å²) < 4.78 is 6.74. The van der Waals surface area contributed by atoms with Gasteiger partial charge in [0.1, 0.15) is 5.75 Å². The van der Waals surface area contributed by atoms with Crippen molar-refractivity contribution in [2.45, 2.75) is 20.0 Å². The SMILES string of the molecule is CC(C)Oc1ccc2ccccc2c1C=Nn1c(=O)[nH]c2ccccc2c1=O. The van der Waals surface area contributed by atoms with Crippen LogP contribution in [0.3, 0.4) is 0 Å². The Hall–Kier alpha value is -3.67. The number of hydrogen-bond donors (Lipinski definition) is 1. The summed E-state index contributed by atoms with van der Waals surface area (Å²) in [6, 6.07) is 18.5. The average molecular weight is 373 g/mol. The topological polar surface area (TPSA) is 76.5 Å². The van der Waals surface area contributed by atoms with Gasteiger partial charge in [0.2, 0.25) is 0 Å². The van der Waals surface area contributed by atoms with Crippen LogP contribution < -0.4 is 16.0 Å². The molecular formula is C22H19N3O3. The molecule has 0 atom stereocenters. The van der Waals surface area contributed by atoms with E-state index in [1.54, 1.807) is 24.3 Å². The fourth-order valence-electron chi connectivity index (χ4n) is 3.14. The third-order valence-corrected chi connectivity index (χ3v) is 4.38. The van der Waals surface area contributed by atoms with Crippen molar-refractivity contribution in [3.05, 3.63) is 87.1 Å². The van der Waals surface area contributed by atoms with Crippen molar-refractivity contribution in [1.82, 2.24) is 9.66 Å². The minimum Gasteiger partial charge on any atom is -0.490 e. The van der Waals surface area contributed by atoms with Crippen molar-refractivity contribution >= 4 is 27.9 Å². The molecule has 140 valence electrons. The largest absolute Gasteiger partial charge is 0.490 e. The lowest BCUT2D eigenvalue weighted by Crippen LogP contribution is -2.32. The second-order valence-corrected chi connectivity index (χ2v) is 6.70. The Labute approximate surface area is 160 Å². The van der Waals surface area contributed by atoms with Crippen LogP contribution >= 0.6 is 0 Å². The van der Waals surface area contributed by atoms with Gasteiger partial charge in [0.05, 0.1) is 23.2 Å². The number of nitrogens with one attached hydrogen (secondary N) is 1. The molecule has 0 bridgehead atoms. The van der Waals surface area contributed by atoms with Crippen molar-refractivity contribution < 1.29 is 4.74 Å². The lowest BCUT2D eigenvalue weighted by atomic mass is 10.0. The van der Waals surface area contributed by atoms with Gasteiger partial charge in [0.15, 0.2) is 0 Å². The average Bonchev–Trinajstić information content (AvgIpc) is 2.68. The molecule has 0 aliphatic carbocycles. The third kappa shape index (κ3) is 3.20. The minimum absolute atomic E-state index is 0.0277. The molecule has 3 aromatic carbocycles. The molecule has 1 heterocycles. The quantitative estimate of drug-likeness (QED) is 0.556. The molecular weight excluding hydrogens is 354 g/mol. The number of fused-ring (bicyclic) bond motifs is 2. The van der Waals surface area contributed by atoms with Crippen molar-refractivity contribution in [2.75, 3.05) is 0 Å². The molecule has 0 aliphatic rings. The van der Waals surface area contributed by atoms with Gasteiger partial charge in [-0.2, -0.15) is 5.10 Å². The molecule has 0 aliphatic heterocycles. The lowest BCUT2D eigenvalue weighted by Gasteiger charge is -2.14. The summed E-state index contributed by atoms with van der Waals surface area (Å²) >= 11 is 0. The van der Waals surface area contributed by atoms with E-state index in [1.807, 2.05) is 50.2 Å². The van der Waals surface area contributed by atoms with Crippen LogP contribution in [-0.4, -0.2) is 22.0 Å². The van der Waals surface area contributed by atoms with E-state index < -0.39 is 11.2 Å². The van der Waals surface area contributed by atoms with Crippen molar-refractivity contribution in [3.63, 3.8) is 0 Å². The number of H-pyrrole nitrogens is 1. The Morgan fingerprint density at radius 2 is 1.68 bits per heavy atom. The number of benzene rings is 3. The van der Waals surface area contributed by atoms with E-state index >= 15 is 0 Å². The summed E-state index contributed by atoms with van der Waals surface area (Å²) in [7, 11) is 0. The first-order chi connectivity index (χ1) is 13.5. The van der Waals surface area contributed by atoms with E-state index in [1.165, 1.54) is 6.21 Å². The predicted molar refractivity (Wildman–Crippen MR) is 112 cm³/mol. The molecule has 4 rings (SSSR count). The molecule has 6 nitrogen and oxygen atoms in total. The van der Waals surface area contributed by atoms with E-state index in [-0.39, 0.29) is 6.10 Å². The summed E-state index contributed by atoms with van der Waals surface area (Å²) in [5.41, 5.74) is 0.137. The molecule has 0 fully saturated rings. The highest BCUT2D eigenvalue weighted by molar-refractivity contribution is 6.02. The lowest BCUT2D eigenvalue weighted by molar-refractivity contribution is 0.242. The second-order valence-electron chi connectivity index (χ2n) is 6.70. The second kappa shape index (κ2) is 7.15. The highest BCUT2D eigenvalue weighted by atomic mass is 16.5. The number of nitrogens with zero attached hydrogens (tertiary/aromatic N) is 2. The van der Waals surface area contributed by atoms with Crippen LogP contribution in [0, 0.1) is 0 Å². The molecule has 0 saturated carbocycles. The Balaban J connectivity index is 1.91. The van der Waals surface area contributed by atoms with Crippen LogP contribution in [0.5, 0.6) is 5.75 Å². The fourth-order valence-corrected chi connectivity index (χ4v) is 3.14. The van der Waals surface area contributed by atoms with E-state index in [0.29, 0.717) is 22.2 Å². The number of ether oxygens (including phenoxy) is 1. The van der Waals surface area contributed by atoms with Gasteiger partial charge in [0.25, 0.3) is 5.56 Å². The Bertz CT molecular complexity index is 1320. The third-order valence-electron chi connectivity index (χ3n) is 4.38. The van der Waals surface area contributed by atoms with Gasteiger partial charge in [-0.15, -0.1) is 4.68 Å². The zero-order valence-corrected chi connectivity index (χ0v) is 15.5. The smallest absolute Gasteiger partial charge is 0.349 e. The first kappa shape index (κ1) is 17.7. The van der Waals surface area contributed by atoms with Crippen LogP contribution in [0.1, 0.15) is 19.4 Å². The predicted octanol–water partition coefficient (Wildman–Crippen LogP) is 3.51. The maximum atomic E-state index is 12.7. The summed E-state index contributed by atoms with van der Waals surface area (Å²) in [5, 5.41) is 6.54. The first-order valence-corrected chi connectivity index (χ1v) is 9.01.